The van der Waals surface area contributed by atoms with E-state index in [-0.39, 0.29) is 5.91 Å². The van der Waals surface area contributed by atoms with E-state index in [2.05, 4.69) is 21.2 Å². The highest BCUT2D eigenvalue weighted by Crippen LogP contribution is 2.37. The first-order valence-corrected chi connectivity index (χ1v) is 10.2. The fraction of sp³-hybridized carbons (Fsp3) is 0.0800. The van der Waals surface area contributed by atoms with E-state index >= 15 is 0 Å². The maximum Gasteiger partial charge on any atom is 0.248 e. The van der Waals surface area contributed by atoms with Gasteiger partial charge in [0, 0.05) is 38.8 Å². The van der Waals surface area contributed by atoms with Crippen molar-refractivity contribution in [2.75, 3.05) is 12.4 Å². The van der Waals surface area contributed by atoms with Gasteiger partial charge in [0.15, 0.2) is 0 Å². The van der Waals surface area contributed by atoms with E-state index in [1.54, 1.807) is 19.4 Å². The number of amides is 1. The van der Waals surface area contributed by atoms with Crippen molar-refractivity contribution in [1.82, 2.24) is 0 Å². The number of benzene rings is 3. The topological polar surface area (TPSA) is 51.5 Å². The van der Waals surface area contributed by atoms with Gasteiger partial charge in [0.1, 0.15) is 11.3 Å². The van der Waals surface area contributed by atoms with Crippen LogP contribution in [0.5, 0.6) is 5.75 Å². The van der Waals surface area contributed by atoms with Crippen molar-refractivity contribution in [3.8, 4) is 16.9 Å². The molecule has 0 radical (unpaired) electrons. The van der Waals surface area contributed by atoms with E-state index in [1.807, 2.05) is 73.7 Å². The SMILES string of the molecule is COc1cc2occ(-c3ccccc3)c2cc1/C(C)=C/C(=O)Nc1ccc(Br)cc1. The average Bonchev–Trinajstić information content (AvgIpc) is 3.18. The van der Waals surface area contributed by atoms with E-state index < -0.39 is 0 Å². The zero-order chi connectivity index (χ0) is 21.1. The van der Waals surface area contributed by atoms with Gasteiger partial charge < -0.3 is 14.5 Å². The summed E-state index contributed by atoms with van der Waals surface area (Å²) < 4.78 is 12.3. The second kappa shape index (κ2) is 8.59. The number of furan rings is 1. The lowest BCUT2D eigenvalue weighted by atomic mass is 9.99. The molecule has 30 heavy (non-hydrogen) atoms. The molecular weight excluding hydrogens is 442 g/mol. The van der Waals surface area contributed by atoms with Crippen LogP contribution in [-0.4, -0.2) is 13.0 Å². The Morgan fingerprint density at radius 3 is 2.50 bits per heavy atom. The number of halogens is 1. The predicted molar refractivity (Wildman–Crippen MR) is 125 cm³/mol. The van der Waals surface area contributed by atoms with Crippen molar-refractivity contribution in [1.29, 1.82) is 0 Å². The quantitative estimate of drug-likeness (QED) is 0.328. The van der Waals surface area contributed by atoms with Crippen LogP contribution in [0, 0.1) is 0 Å². The molecule has 0 saturated heterocycles. The summed E-state index contributed by atoms with van der Waals surface area (Å²) >= 11 is 3.39. The summed E-state index contributed by atoms with van der Waals surface area (Å²) in [6.45, 7) is 1.90. The van der Waals surface area contributed by atoms with Crippen molar-refractivity contribution in [2.24, 2.45) is 0 Å². The fourth-order valence-electron chi connectivity index (χ4n) is 3.36. The van der Waals surface area contributed by atoms with E-state index in [0.29, 0.717) is 5.75 Å². The summed E-state index contributed by atoms with van der Waals surface area (Å²) in [5.74, 6) is 0.453. The molecule has 1 aromatic heterocycles. The Morgan fingerprint density at radius 2 is 1.80 bits per heavy atom. The van der Waals surface area contributed by atoms with Gasteiger partial charge in [-0.05, 0) is 48.4 Å². The van der Waals surface area contributed by atoms with Gasteiger partial charge in [-0.2, -0.15) is 0 Å². The lowest BCUT2D eigenvalue weighted by molar-refractivity contribution is -0.111. The molecule has 0 fully saturated rings. The maximum absolute atomic E-state index is 12.5. The van der Waals surface area contributed by atoms with Crippen LogP contribution in [-0.2, 0) is 4.79 Å². The zero-order valence-corrected chi connectivity index (χ0v) is 18.2. The lowest BCUT2D eigenvalue weighted by Crippen LogP contribution is -2.08. The van der Waals surface area contributed by atoms with Crippen molar-refractivity contribution in [3.05, 3.63) is 89.1 Å². The van der Waals surface area contributed by atoms with Crippen LogP contribution in [0.15, 0.2) is 88.0 Å². The van der Waals surface area contributed by atoms with Crippen LogP contribution in [0.1, 0.15) is 12.5 Å². The summed E-state index contributed by atoms with van der Waals surface area (Å²) in [5.41, 5.74) is 5.18. The van der Waals surface area contributed by atoms with Crippen molar-refractivity contribution >= 4 is 44.1 Å². The van der Waals surface area contributed by atoms with Gasteiger partial charge in [0.25, 0.3) is 0 Å². The number of nitrogens with one attached hydrogen (secondary N) is 1. The summed E-state index contributed by atoms with van der Waals surface area (Å²) in [6.07, 6.45) is 3.33. The summed E-state index contributed by atoms with van der Waals surface area (Å²) in [6, 6.07) is 21.4. The molecule has 3 aromatic carbocycles. The number of fused-ring (bicyclic) bond motifs is 1. The Bertz CT molecular complexity index is 1220. The molecule has 4 aromatic rings. The highest BCUT2D eigenvalue weighted by molar-refractivity contribution is 9.10. The fourth-order valence-corrected chi connectivity index (χ4v) is 3.62. The van der Waals surface area contributed by atoms with Crippen molar-refractivity contribution < 1.29 is 13.9 Å². The molecule has 0 atom stereocenters. The Labute approximate surface area is 183 Å². The van der Waals surface area contributed by atoms with Crippen LogP contribution >= 0.6 is 15.9 Å². The van der Waals surface area contributed by atoms with Gasteiger partial charge in [-0.15, -0.1) is 0 Å². The number of carbonyl (C=O) groups excluding carboxylic acids is 1. The maximum atomic E-state index is 12.5. The summed E-state index contributed by atoms with van der Waals surface area (Å²) in [4.78, 5) is 12.5. The number of rotatable bonds is 5. The van der Waals surface area contributed by atoms with E-state index in [0.717, 1.165) is 43.4 Å². The number of hydrogen-bond donors (Lipinski definition) is 1. The molecule has 0 aliphatic carbocycles. The highest BCUT2D eigenvalue weighted by Gasteiger charge is 2.15. The monoisotopic (exact) mass is 461 g/mol. The Morgan fingerprint density at radius 1 is 1.07 bits per heavy atom. The summed E-state index contributed by atoms with van der Waals surface area (Å²) in [5, 5.41) is 3.85. The van der Waals surface area contributed by atoms with Gasteiger partial charge in [0.2, 0.25) is 5.91 Å². The molecule has 0 unspecified atom stereocenters. The molecule has 4 nitrogen and oxygen atoms in total. The van der Waals surface area contributed by atoms with Crippen LogP contribution in [0.3, 0.4) is 0 Å². The van der Waals surface area contributed by atoms with Gasteiger partial charge in [-0.25, -0.2) is 0 Å². The van der Waals surface area contributed by atoms with Crippen LogP contribution in [0.4, 0.5) is 5.69 Å². The van der Waals surface area contributed by atoms with Crippen LogP contribution in [0.25, 0.3) is 27.7 Å². The van der Waals surface area contributed by atoms with Gasteiger partial charge in [-0.1, -0.05) is 46.3 Å². The normalized spacial score (nSPS) is 11.5. The number of methoxy groups -OCH3 is 1. The Hall–Kier alpha value is -3.31. The lowest BCUT2D eigenvalue weighted by Gasteiger charge is -2.10. The smallest absolute Gasteiger partial charge is 0.248 e. The van der Waals surface area contributed by atoms with Crippen LogP contribution < -0.4 is 10.1 Å². The van der Waals surface area contributed by atoms with E-state index in [1.165, 1.54) is 0 Å². The van der Waals surface area contributed by atoms with Gasteiger partial charge in [0.05, 0.1) is 13.4 Å². The molecule has 1 heterocycles. The minimum absolute atomic E-state index is 0.201. The Kier molecular flexibility index (Phi) is 5.72. The first-order chi connectivity index (χ1) is 14.5. The van der Waals surface area contributed by atoms with Crippen molar-refractivity contribution in [2.45, 2.75) is 6.92 Å². The van der Waals surface area contributed by atoms with Crippen LogP contribution in [0.2, 0.25) is 0 Å². The van der Waals surface area contributed by atoms with Gasteiger partial charge in [-0.3, -0.25) is 4.79 Å². The molecule has 1 amide bonds. The third kappa shape index (κ3) is 4.16. The van der Waals surface area contributed by atoms with E-state index in [9.17, 15) is 4.79 Å². The third-order valence-corrected chi connectivity index (χ3v) is 5.39. The zero-order valence-electron chi connectivity index (χ0n) is 16.6. The molecule has 4 rings (SSSR count). The molecule has 1 N–H and O–H groups in total. The first kappa shape index (κ1) is 20.0. The Balaban J connectivity index is 1.70. The van der Waals surface area contributed by atoms with Crippen molar-refractivity contribution in [3.63, 3.8) is 0 Å². The number of hydrogen-bond acceptors (Lipinski definition) is 3. The highest BCUT2D eigenvalue weighted by atomic mass is 79.9. The first-order valence-electron chi connectivity index (χ1n) is 9.45. The molecule has 0 saturated carbocycles. The molecule has 5 heteroatoms. The molecule has 0 bridgehead atoms. The number of anilines is 1. The predicted octanol–water partition coefficient (Wildman–Crippen LogP) is 6.91. The average molecular weight is 462 g/mol. The number of allylic oxidation sites excluding steroid dienone is 1. The van der Waals surface area contributed by atoms with E-state index in [4.69, 9.17) is 9.15 Å². The second-order valence-electron chi connectivity index (χ2n) is 6.89. The standard InChI is InChI=1S/C25H20BrNO3/c1-16(12-25(28)27-19-10-8-18(26)9-11-19)20-13-21-22(17-6-4-3-5-7-17)15-30-24(21)14-23(20)29-2/h3-15H,1-2H3,(H,27,28)/b16-12+. The number of carbonyl (C=O) groups is 1. The minimum atomic E-state index is -0.201. The summed E-state index contributed by atoms with van der Waals surface area (Å²) in [7, 11) is 1.61. The molecule has 150 valence electrons. The molecule has 0 spiro atoms. The second-order valence-corrected chi connectivity index (χ2v) is 7.80. The number of ether oxygens (including phenoxy) is 1. The molecular formula is C25H20BrNO3. The largest absolute Gasteiger partial charge is 0.496 e. The van der Waals surface area contributed by atoms with Gasteiger partial charge >= 0.3 is 0 Å². The molecule has 0 aliphatic rings. The molecule has 0 aliphatic heterocycles. The minimum Gasteiger partial charge on any atom is -0.496 e. The third-order valence-electron chi connectivity index (χ3n) is 4.86.